The van der Waals surface area contributed by atoms with Crippen LogP contribution >= 0.6 is 0 Å². The molecule has 1 aliphatic rings. The van der Waals surface area contributed by atoms with Crippen molar-refractivity contribution < 1.29 is 4.79 Å². The summed E-state index contributed by atoms with van der Waals surface area (Å²) in [5.41, 5.74) is 5.26. The number of anilines is 2. The molecule has 1 aliphatic heterocycles. The van der Waals surface area contributed by atoms with Gasteiger partial charge in [-0.25, -0.2) is 4.98 Å². The predicted molar refractivity (Wildman–Crippen MR) is 101 cm³/mol. The van der Waals surface area contributed by atoms with Gasteiger partial charge in [-0.15, -0.1) is 0 Å². The van der Waals surface area contributed by atoms with E-state index in [4.69, 9.17) is 0 Å². The van der Waals surface area contributed by atoms with E-state index < -0.39 is 0 Å². The van der Waals surface area contributed by atoms with Crippen LogP contribution in [-0.4, -0.2) is 28.4 Å². The zero-order chi connectivity index (χ0) is 17.4. The van der Waals surface area contributed by atoms with Crippen LogP contribution in [0.1, 0.15) is 34.6 Å². The highest BCUT2D eigenvalue weighted by atomic mass is 16.2. The third kappa shape index (κ3) is 2.97. The molecule has 128 valence electrons. The number of hydrogen-bond acceptors (Lipinski definition) is 3. The number of benzene rings is 1. The van der Waals surface area contributed by atoms with Gasteiger partial charge in [-0.3, -0.25) is 9.20 Å². The van der Waals surface area contributed by atoms with E-state index in [1.165, 1.54) is 18.5 Å². The van der Waals surface area contributed by atoms with Crippen molar-refractivity contribution in [2.45, 2.75) is 26.7 Å². The first-order valence-electron chi connectivity index (χ1n) is 8.73. The Morgan fingerprint density at radius 1 is 1.08 bits per heavy atom. The normalized spacial score (nSPS) is 14.2. The molecule has 0 bridgehead atoms. The summed E-state index contributed by atoms with van der Waals surface area (Å²) >= 11 is 0. The zero-order valence-corrected chi connectivity index (χ0v) is 14.6. The summed E-state index contributed by atoms with van der Waals surface area (Å²) in [7, 11) is 0. The summed E-state index contributed by atoms with van der Waals surface area (Å²) in [5.74, 6) is -0.136. The molecule has 0 unspecified atom stereocenters. The second-order valence-corrected chi connectivity index (χ2v) is 6.67. The lowest BCUT2D eigenvalue weighted by Crippen LogP contribution is -2.18. The van der Waals surface area contributed by atoms with Gasteiger partial charge in [-0.2, -0.15) is 0 Å². The summed E-state index contributed by atoms with van der Waals surface area (Å²) in [6.07, 6.45) is 4.41. The monoisotopic (exact) mass is 334 g/mol. The molecule has 1 amide bonds. The topological polar surface area (TPSA) is 49.6 Å². The van der Waals surface area contributed by atoms with Gasteiger partial charge < -0.3 is 10.2 Å². The second kappa shape index (κ2) is 6.24. The lowest BCUT2D eigenvalue weighted by atomic mass is 10.2. The van der Waals surface area contributed by atoms with E-state index in [0.29, 0.717) is 5.69 Å². The molecule has 4 rings (SSSR count). The first-order valence-corrected chi connectivity index (χ1v) is 8.73. The van der Waals surface area contributed by atoms with Crippen LogP contribution in [0.4, 0.5) is 11.4 Å². The van der Waals surface area contributed by atoms with E-state index in [1.54, 1.807) is 0 Å². The molecule has 1 saturated heterocycles. The molecule has 25 heavy (non-hydrogen) atoms. The van der Waals surface area contributed by atoms with Crippen LogP contribution in [0.15, 0.2) is 42.6 Å². The van der Waals surface area contributed by atoms with E-state index in [9.17, 15) is 4.79 Å². The molecule has 5 heteroatoms. The smallest absolute Gasteiger partial charge is 0.274 e. The lowest BCUT2D eigenvalue weighted by molar-refractivity contribution is 0.102. The van der Waals surface area contributed by atoms with Crippen molar-refractivity contribution in [2.75, 3.05) is 23.3 Å². The van der Waals surface area contributed by atoms with Crippen LogP contribution in [-0.2, 0) is 0 Å². The second-order valence-electron chi connectivity index (χ2n) is 6.67. The molecule has 5 nitrogen and oxygen atoms in total. The van der Waals surface area contributed by atoms with Gasteiger partial charge in [0.2, 0.25) is 0 Å². The van der Waals surface area contributed by atoms with E-state index in [2.05, 4.69) is 27.3 Å². The Hall–Kier alpha value is -2.82. The highest BCUT2D eigenvalue weighted by Gasteiger charge is 2.17. The van der Waals surface area contributed by atoms with Crippen LogP contribution in [0.3, 0.4) is 0 Å². The molecular formula is C20H22N4O. The Balaban J connectivity index is 1.57. The zero-order valence-electron chi connectivity index (χ0n) is 14.6. The summed E-state index contributed by atoms with van der Waals surface area (Å²) in [6.45, 7) is 6.12. The van der Waals surface area contributed by atoms with E-state index in [1.807, 2.05) is 48.7 Å². The average Bonchev–Trinajstić information content (AvgIpc) is 3.22. The number of nitrogens with one attached hydrogen (secondary N) is 1. The van der Waals surface area contributed by atoms with Gasteiger partial charge in [0.05, 0.1) is 5.69 Å². The number of carbonyl (C=O) groups is 1. The maximum Gasteiger partial charge on any atom is 0.274 e. The van der Waals surface area contributed by atoms with Gasteiger partial charge in [0, 0.05) is 30.7 Å². The van der Waals surface area contributed by atoms with Gasteiger partial charge in [0.15, 0.2) is 0 Å². The minimum absolute atomic E-state index is 0.136. The molecule has 1 N–H and O–H groups in total. The average molecular weight is 334 g/mol. The Morgan fingerprint density at radius 2 is 1.80 bits per heavy atom. The molecule has 0 aliphatic carbocycles. The Morgan fingerprint density at radius 3 is 2.52 bits per heavy atom. The van der Waals surface area contributed by atoms with Gasteiger partial charge in [-0.1, -0.05) is 0 Å². The highest BCUT2D eigenvalue weighted by Crippen LogP contribution is 2.23. The van der Waals surface area contributed by atoms with Crippen LogP contribution in [0.5, 0.6) is 0 Å². The van der Waals surface area contributed by atoms with Crippen LogP contribution in [0, 0.1) is 13.8 Å². The molecule has 2 aromatic heterocycles. The number of pyridine rings is 1. The molecule has 1 fully saturated rings. The Kier molecular flexibility index (Phi) is 3.92. The highest BCUT2D eigenvalue weighted by molar-refractivity contribution is 6.04. The lowest BCUT2D eigenvalue weighted by Gasteiger charge is -2.17. The summed E-state index contributed by atoms with van der Waals surface area (Å²) in [6, 6.07) is 12.0. The number of rotatable bonds is 3. The number of fused-ring (bicyclic) bond motifs is 1. The summed E-state index contributed by atoms with van der Waals surface area (Å²) in [4.78, 5) is 19.6. The fraction of sp³-hybridized carbons (Fsp3) is 0.300. The molecule has 0 radical (unpaired) electrons. The maximum atomic E-state index is 12.8. The molecular weight excluding hydrogens is 312 g/mol. The minimum Gasteiger partial charge on any atom is -0.372 e. The molecule has 1 aromatic carbocycles. The van der Waals surface area contributed by atoms with E-state index in [-0.39, 0.29) is 5.91 Å². The standard InChI is InChI=1S/C20H22N4O/c1-14-9-12-24-18(13-14)21-15(2)19(24)20(25)22-16-5-7-17(8-6-16)23-10-3-4-11-23/h5-9,12-13H,3-4,10-11H2,1-2H3,(H,22,25). The molecule has 0 spiro atoms. The Bertz CT molecular complexity index is 921. The maximum absolute atomic E-state index is 12.8. The molecule has 0 atom stereocenters. The number of aryl methyl sites for hydroxylation is 2. The fourth-order valence-corrected chi connectivity index (χ4v) is 3.46. The number of imidazole rings is 1. The van der Waals surface area contributed by atoms with Gasteiger partial charge in [-0.05, 0) is 68.7 Å². The van der Waals surface area contributed by atoms with Crippen LogP contribution in [0.25, 0.3) is 5.65 Å². The van der Waals surface area contributed by atoms with Crippen LogP contribution in [0.2, 0.25) is 0 Å². The number of hydrogen-bond donors (Lipinski definition) is 1. The predicted octanol–water partition coefficient (Wildman–Crippen LogP) is 3.80. The quantitative estimate of drug-likeness (QED) is 0.792. The van der Waals surface area contributed by atoms with Crippen molar-refractivity contribution in [3.05, 3.63) is 59.5 Å². The third-order valence-electron chi connectivity index (χ3n) is 4.77. The molecule has 3 aromatic rings. The Labute approximate surface area is 147 Å². The minimum atomic E-state index is -0.136. The number of nitrogens with zero attached hydrogens (tertiary/aromatic N) is 3. The first kappa shape index (κ1) is 15.7. The fourth-order valence-electron chi connectivity index (χ4n) is 3.46. The van der Waals surface area contributed by atoms with Crippen molar-refractivity contribution in [2.24, 2.45) is 0 Å². The number of aromatic nitrogens is 2. The SMILES string of the molecule is Cc1ccn2c(C(=O)Nc3ccc(N4CCCC4)cc3)c(C)nc2c1. The van der Waals surface area contributed by atoms with E-state index >= 15 is 0 Å². The van der Waals surface area contributed by atoms with Crippen molar-refractivity contribution in [1.82, 2.24) is 9.38 Å². The number of carbonyl (C=O) groups excluding carboxylic acids is 1. The largest absolute Gasteiger partial charge is 0.372 e. The van der Waals surface area contributed by atoms with Gasteiger partial charge >= 0.3 is 0 Å². The van der Waals surface area contributed by atoms with E-state index in [0.717, 1.165) is 35.7 Å². The van der Waals surface area contributed by atoms with Gasteiger partial charge in [0.1, 0.15) is 11.3 Å². The van der Waals surface area contributed by atoms with Crippen LogP contribution < -0.4 is 10.2 Å². The van der Waals surface area contributed by atoms with Crippen molar-refractivity contribution >= 4 is 22.9 Å². The summed E-state index contributed by atoms with van der Waals surface area (Å²) in [5, 5.41) is 2.99. The molecule has 0 saturated carbocycles. The third-order valence-corrected chi connectivity index (χ3v) is 4.77. The van der Waals surface area contributed by atoms with Crippen molar-refractivity contribution in [3.8, 4) is 0 Å². The van der Waals surface area contributed by atoms with Gasteiger partial charge in [0.25, 0.3) is 5.91 Å². The van der Waals surface area contributed by atoms with Crippen molar-refractivity contribution in [3.63, 3.8) is 0 Å². The number of amides is 1. The first-order chi connectivity index (χ1) is 12.1. The van der Waals surface area contributed by atoms with Crippen molar-refractivity contribution in [1.29, 1.82) is 0 Å². The summed E-state index contributed by atoms with van der Waals surface area (Å²) < 4.78 is 1.84. The molecule has 3 heterocycles.